The van der Waals surface area contributed by atoms with E-state index in [-0.39, 0.29) is 10.8 Å². The predicted octanol–water partition coefficient (Wildman–Crippen LogP) is 5.99. The van der Waals surface area contributed by atoms with E-state index in [9.17, 15) is 0 Å². The van der Waals surface area contributed by atoms with E-state index in [0.29, 0.717) is 0 Å². The van der Waals surface area contributed by atoms with E-state index in [4.69, 9.17) is 9.73 Å². The van der Waals surface area contributed by atoms with Gasteiger partial charge in [-0.05, 0) is 43.9 Å². The van der Waals surface area contributed by atoms with E-state index in [2.05, 4.69) is 84.6 Å². The van der Waals surface area contributed by atoms with Crippen LogP contribution in [-0.2, 0) is 5.41 Å². The fraction of sp³-hybridized carbons (Fsp3) is 0.500. The minimum Gasteiger partial charge on any atom is -0.465 e. The lowest BCUT2D eigenvalue weighted by Gasteiger charge is -2.43. The van der Waals surface area contributed by atoms with Crippen molar-refractivity contribution < 1.29 is 4.74 Å². The summed E-state index contributed by atoms with van der Waals surface area (Å²) in [6.07, 6.45) is 1.93. The van der Waals surface area contributed by atoms with Crippen molar-refractivity contribution in [2.45, 2.75) is 73.5 Å². The first-order chi connectivity index (χ1) is 12.3. The van der Waals surface area contributed by atoms with Crippen LogP contribution in [0.15, 0.2) is 35.5 Å². The number of aryl methyl sites for hydroxylation is 2. The molecule has 1 unspecified atom stereocenters. The Morgan fingerprint density at radius 3 is 2.22 bits per heavy atom. The molecule has 0 aliphatic carbocycles. The Morgan fingerprint density at radius 2 is 1.67 bits per heavy atom. The molecule has 1 aromatic heterocycles. The average Bonchev–Trinajstić information content (AvgIpc) is 2.54. The summed E-state index contributed by atoms with van der Waals surface area (Å²) in [5.41, 5.74) is 5.66. The molecule has 1 aliphatic heterocycles. The molecule has 27 heavy (non-hydrogen) atoms. The summed E-state index contributed by atoms with van der Waals surface area (Å²) >= 11 is 0. The van der Waals surface area contributed by atoms with E-state index in [1.165, 1.54) is 11.1 Å². The highest BCUT2D eigenvalue weighted by molar-refractivity contribution is 6.15. The van der Waals surface area contributed by atoms with Crippen LogP contribution in [0, 0.1) is 19.3 Å². The van der Waals surface area contributed by atoms with Crippen LogP contribution >= 0.6 is 0 Å². The van der Waals surface area contributed by atoms with Crippen LogP contribution in [0.25, 0.3) is 0 Å². The maximum absolute atomic E-state index is 6.64. The van der Waals surface area contributed by atoms with Crippen LogP contribution in [0.2, 0.25) is 0 Å². The minimum absolute atomic E-state index is 0.0198. The molecule has 1 aromatic carbocycles. The van der Waals surface area contributed by atoms with Gasteiger partial charge in [0.2, 0.25) is 5.72 Å². The van der Waals surface area contributed by atoms with Crippen LogP contribution in [0.4, 0.5) is 0 Å². The van der Waals surface area contributed by atoms with Gasteiger partial charge in [-0.15, -0.1) is 0 Å². The quantitative estimate of drug-likeness (QED) is 0.623. The lowest BCUT2D eigenvalue weighted by Crippen LogP contribution is -2.47. The van der Waals surface area contributed by atoms with Crippen molar-refractivity contribution in [1.29, 1.82) is 0 Å². The van der Waals surface area contributed by atoms with Gasteiger partial charge in [-0.3, -0.25) is 4.98 Å². The SMILES string of the molecule is Cc1cc(C2=NC(C)(C(C)(C)C)Oc3c2cccc3C(C)(C)C)cnc1C. The number of hydrogen-bond donors (Lipinski definition) is 0. The van der Waals surface area contributed by atoms with E-state index in [0.717, 1.165) is 28.3 Å². The zero-order valence-corrected chi connectivity index (χ0v) is 18.2. The molecule has 2 heterocycles. The Morgan fingerprint density at radius 1 is 1.00 bits per heavy atom. The van der Waals surface area contributed by atoms with Gasteiger partial charge in [0.1, 0.15) is 5.75 Å². The van der Waals surface area contributed by atoms with Crippen molar-refractivity contribution in [1.82, 2.24) is 4.98 Å². The van der Waals surface area contributed by atoms with Crippen LogP contribution in [-0.4, -0.2) is 16.4 Å². The number of ether oxygens (including phenoxy) is 1. The van der Waals surface area contributed by atoms with Gasteiger partial charge in [0.25, 0.3) is 0 Å². The third-order valence-electron chi connectivity index (χ3n) is 5.71. The largest absolute Gasteiger partial charge is 0.465 e. The number of aliphatic imine (C=N–C) groups is 1. The number of para-hydroxylation sites is 1. The first-order valence-corrected chi connectivity index (χ1v) is 9.70. The summed E-state index contributed by atoms with van der Waals surface area (Å²) in [6.45, 7) is 19.4. The van der Waals surface area contributed by atoms with E-state index < -0.39 is 5.72 Å². The Labute approximate surface area is 163 Å². The number of benzene rings is 1. The monoisotopic (exact) mass is 364 g/mol. The first-order valence-electron chi connectivity index (χ1n) is 9.70. The Bertz CT molecular complexity index is 913. The third kappa shape index (κ3) is 3.40. The number of fused-ring (bicyclic) bond motifs is 1. The standard InChI is InChI=1S/C24H32N2O/c1-15-13-17(14-25-16(15)2)20-18-11-10-12-19(22(3,4)5)21(18)27-24(9,26-20)23(6,7)8/h10-14H,1-9H3. The zero-order valence-electron chi connectivity index (χ0n) is 18.2. The second kappa shape index (κ2) is 6.19. The second-order valence-corrected chi connectivity index (χ2v) is 9.85. The fourth-order valence-corrected chi connectivity index (χ4v) is 3.23. The lowest BCUT2D eigenvalue weighted by atomic mass is 9.80. The highest BCUT2D eigenvalue weighted by Crippen LogP contribution is 2.45. The molecule has 0 bridgehead atoms. The van der Waals surface area contributed by atoms with Gasteiger partial charge >= 0.3 is 0 Å². The average molecular weight is 365 g/mol. The Hall–Kier alpha value is -2.16. The molecule has 0 amide bonds. The number of hydrogen-bond acceptors (Lipinski definition) is 3. The maximum atomic E-state index is 6.64. The van der Waals surface area contributed by atoms with Crippen molar-refractivity contribution in [2.75, 3.05) is 0 Å². The highest BCUT2D eigenvalue weighted by atomic mass is 16.5. The highest BCUT2D eigenvalue weighted by Gasteiger charge is 2.44. The molecule has 3 rings (SSSR count). The van der Waals surface area contributed by atoms with Crippen LogP contribution in [0.3, 0.4) is 0 Å². The molecule has 0 radical (unpaired) electrons. The molecule has 0 saturated heterocycles. The molecule has 0 N–H and O–H groups in total. The molecule has 0 fully saturated rings. The molecular weight excluding hydrogens is 332 g/mol. The maximum Gasteiger partial charge on any atom is 0.202 e. The molecule has 3 nitrogen and oxygen atoms in total. The van der Waals surface area contributed by atoms with Gasteiger partial charge in [-0.1, -0.05) is 53.7 Å². The second-order valence-electron chi connectivity index (χ2n) is 9.85. The van der Waals surface area contributed by atoms with Gasteiger partial charge in [-0.25, -0.2) is 4.99 Å². The van der Waals surface area contributed by atoms with Gasteiger partial charge in [0.15, 0.2) is 0 Å². The fourth-order valence-electron chi connectivity index (χ4n) is 3.23. The molecule has 0 saturated carbocycles. The summed E-state index contributed by atoms with van der Waals surface area (Å²) in [5, 5.41) is 0. The van der Waals surface area contributed by atoms with Crippen molar-refractivity contribution in [3.63, 3.8) is 0 Å². The molecule has 0 spiro atoms. The van der Waals surface area contributed by atoms with Gasteiger partial charge < -0.3 is 4.74 Å². The molecular formula is C24H32N2O. The van der Waals surface area contributed by atoms with Gasteiger partial charge in [-0.2, -0.15) is 0 Å². The molecule has 144 valence electrons. The summed E-state index contributed by atoms with van der Waals surface area (Å²) in [4.78, 5) is 9.73. The summed E-state index contributed by atoms with van der Waals surface area (Å²) in [7, 11) is 0. The predicted molar refractivity (Wildman–Crippen MR) is 113 cm³/mol. The number of pyridine rings is 1. The third-order valence-corrected chi connectivity index (χ3v) is 5.71. The van der Waals surface area contributed by atoms with Crippen molar-refractivity contribution in [2.24, 2.45) is 10.4 Å². The zero-order chi connectivity index (χ0) is 20.2. The minimum atomic E-state index is -0.657. The van der Waals surface area contributed by atoms with Crippen molar-refractivity contribution >= 4 is 5.71 Å². The van der Waals surface area contributed by atoms with E-state index >= 15 is 0 Å². The number of aromatic nitrogens is 1. The first kappa shape index (κ1) is 19.6. The molecule has 1 atom stereocenters. The van der Waals surface area contributed by atoms with Crippen LogP contribution in [0.5, 0.6) is 5.75 Å². The molecule has 2 aromatic rings. The molecule has 1 aliphatic rings. The lowest BCUT2D eigenvalue weighted by molar-refractivity contribution is -0.0126. The van der Waals surface area contributed by atoms with Crippen molar-refractivity contribution in [3.8, 4) is 5.75 Å². The van der Waals surface area contributed by atoms with Crippen molar-refractivity contribution in [3.05, 3.63) is 58.4 Å². The van der Waals surface area contributed by atoms with Crippen LogP contribution < -0.4 is 4.74 Å². The summed E-state index contributed by atoms with van der Waals surface area (Å²) in [6, 6.07) is 8.57. The normalized spacial score (nSPS) is 20.0. The Balaban J connectivity index is 2.32. The van der Waals surface area contributed by atoms with E-state index in [1.807, 2.05) is 13.1 Å². The topological polar surface area (TPSA) is 34.5 Å². The number of nitrogens with zero attached hydrogens (tertiary/aromatic N) is 2. The van der Waals surface area contributed by atoms with E-state index in [1.54, 1.807) is 0 Å². The Kier molecular flexibility index (Phi) is 4.49. The summed E-state index contributed by atoms with van der Waals surface area (Å²) in [5.74, 6) is 0.950. The van der Waals surface area contributed by atoms with Gasteiger partial charge in [0.05, 0.1) is 5.71 Å². The summed E-state index contributed by atoms with van der Waals surface area (Å²) < 4.78 is 6.64. The van der Waals surface area contributed by atoms with Crippen LogP contribution in [0.1, 0.15) is 76.4 Å². The van der Waals surface area contributed by atoms with Gasteiger partial charge in [0, 0.05) is 34.0 Å². The smallest absolute Gasteiger partial charge is 0.202 e. The number of rotatable bonds is 1. The molecule has 3 heteroatoms.